The number of likely N-dealkylation sites (N-methyl/N-ethyl adjacent to an activating group) is 1. The molecule has 42 heavy (non-hydrogen) atoms. The van der Waals surface area contributed by atoms with E-state index in [-0.39, 0.29) is 42.9 Å². The molecule has 0 aliphatic carbocycles. The molecule has 4 rings (SSSR count). The van der Waals surface area contributed by atoms with Gasteiger partial charge in [0, 0.05) is 37.7 Å². The minimum Gasteiger partial charge on any atom is -0.467 e. The van der Waals surface area contributed by atoms with E-state index in [0.29, 0.717) is 42.3 Å². The van der Waals surface area contributed by atoms with Gasteiger partial charge in [0.25, 0.3) is 5.91 Å². The van der Waals surface area contributed by atoms with Crippen molar-refractivity contribution in [1.29, 1.82) is 5.26 Å². The second-order valence-corrected chi connectivity index (χ2v) is 9.92. The Hall–Kier alpha value is -4.16. The summed E-state index contributed by atoms with van der Waals surface area (Å²) in [5, 5.41) is 8.79. The average molecular weight is 611 g/mol. The zero-order valence-electron chi connectivity index (χ0n) is 22.6. The lowest BCUT2D eigenvalue weighted by Gasteiger charge is -2.31. The number of hydrogen-bond donors (Lipinski definition) is 2. The monoisotopic (exact) mass is 610 g/mol. The second kappa shape index (κ2) is 12.4. The van der Waals surface area contributed by atoms with E-state index in [2.05, 4.69) is 15.0 Å². The van der Waals surface area contributed by atoms with Crippen molar-refractivity contribution in [3.05, 3.63) is 51.1 Å². The zero-order chi connectivity index (χ0) is 30.8. The molecule has 16 heteroatoms. The first kappa shape index (κ1) is 30.8. The quantitative estimate of drug-likeness (QED) is 0.217. The second-order valence-electron chi connectivity index (χ2n) is 9.54. The molecule has 0 saturated heterocycles. The van der Waals surface area contributed by atoms with Gasteiger partial charge in [0.05, 0.1) is 60.1 Å². The highest BCUT2D eigenvalue weighted by Crippen LogP contribution is 2.42. The number of nitriles is 1. The summed E-state index contributed by atoms with van der Waals surface area (Å²) in [5.41, 5.74) is 10.1. The number of anilines is 2. The number of nitrogens with two attached hydrogens (primary N) is 2. The fourth-order valence-electron chi connectivity index (χ4n) is 4.68. The maximum atomic E-state index is 15.0. The zero-order valence-corrected chi connectivity index (χ0v) is 23.4. The molecular formula is C26H27ClF4N8O3. The molecule has 4 N–H and O–H groups in total. The number of fused-ring (bicyclic) bond motifs is 1. The normalized spacial score (nSPS) is 17.8. The Kier molecular flexibility index (Phi) is 9.07. The van der Waals surface area contributed by atoms with Gasteiger partial charge in [0.1, 0.15) is 18.1 Å². The molecule has 1 aromatic carbocycles. The van der Waals surface area contributed by atoms with Gasteiger partial charge in [-0.25, -0.2) is 4.39 Å². The van der Waals surface area contributed by atoms with E-state index >= 15 is 0 Å². The van der Waals surface area contributed by atoms with Crippen LogP contribution in [0.2, 0.25) is 0 Å². The summed E-state index contributed by atoms with van der Waals surface area (Å²) < 4.78 is 67.4. The highest BCUT2D eigenvalue weighted by atomic mass is 35.5. The summed E-state index contributed by atoms with van der Waals surface area (Å²) in [6.07, 6.45) is -5.83. The number of aliphatic imine (C=N–C) groups is 1. The van der Waals surface area contributed by atoms with E-state index in [1.807, 2.05) is 6.07 Å². The molecule has 2 aromatic rings. The Balaban J connectivity index is 1.70. The average Bonchev–Trinajstić information content (AvgIpc) is 3.22. The number of nitrogens with zero attached hydrogens (tertiary/aromatic N) is 6. The van der Waals surface area contributed by atoms with E-state index < -0.39 is 40.8 Å². The number of nitrogen functional groups attached to an aromatic ring is 1. The van der Waals surface area contributed by atoms with Crippen LogP contribution in [-0.2, 0) is 28.7 Å². The molecule has 0 fully saturated rings. The molecule has 0 bridgehead atoms. The van der Waals surface area contributed by atoms with E-state index in [1.165, 1.54) is 14.2 Å². The van der Waals surface area contributed by atoms with Crippen molar-refractivity contribution in [2.24, 2.45) is 10.7 Å². The lowest BCUT2D eigenvalue weighted by Crippen LogP contribution is -2.36. The Morgan fingerprint density at radius 1 is 1.36 bits per heavy atom. The van der Waals surface area contributed by atoms with Crippen LogP contribution in [-0.4, -0.2) is 66.8 Å². The molecule has 1 aromatic heterocycles. The van der Waals surface area contributed by atoms with E-state index in [4.69, 9.17) is 37.8 Å². The largest absolute Gasteiger partial charge is 0.467 e. The predicted molar refractivity (Wildman–Crippen MR) is 145 cm³/mol. The van der Waals surface area contributed by atoms with Crippen LogP contribution >= 0.6 is 11.6 Å². The van der Waals surface area contributed by atoms with Gasteiger partial charge in [-0.2, -0.15) is 28.4 Å². The number of benzene rings is 1. The molecule has 2 aliphatic heterocycles. The van der Waals surface area contributed by atoms with Crippen LogP contribution in [0.3, 0.4) is 0 Å². The first-order chi connectivity index (χ1) is 19.9. The van der Waals surface area contributed by atoms with Gasteiger partial charge in [0.15, 0.2) is 5.82 Å². The van der Waals surface area contributed by atoms with Crippen LogP contribution in [0.25, 0.3) is 0 Å². The molecule has 11 nitrogen and oxygen atoms in total. The number of carbonyl (C=O) groups is 1. The lowest BCUT2D eigenvalue weighted by atomic mass is 9.94. The van der Waals surface area contributed by atoms with Gasteiger partial charge in [-0.3, -0.25) is 9.79 Å². The van der Waals surface area contributed by atoms with Crippen molar-refractivity contribution in [1.82, 2.24) is 14.9 Å². The Labute approximate surface area is 243 Å². The van der Waals surface area contributed by atoms with Crippen LogP contribution in [0.5, 0.6) is 6.01 Å². The third-order valence-corrected chi connectivity index (χ3v) is 7.20. The Bertz CT molecular complexity index is 1490. The molecule has 1 amide bonds. The predicted octanol–water partition coefficient (Wildman–Crippen LogP) is 3.08. The van der Waals surface area contributed by atoms with Crippen molar-refractivity contribution in [2.75, 3.05) is 51.0 Å². The molecule has 1 atom stereocenters. The summed E-state index contributed by atoms with van der Waals surface area (Å²) in [6, 6.07) is 3.38. The fraction of sp³-hybridized carbons (Fsp3) is 0.423. The van der Waals surface area contributed by atoms with Crippen LogP contribution < -0.4 is 21.1 Å². The van der Waals surface area contributed by atoms with Crippen molar-refractivity contribution in [3.63, 3.8) is 0 Å². The molecule has 0 radical (unpaired) electrons. The van der Waals surface area contributed by atoms with Gasteiger partial charge in [-0.05, 0) is 18.6 Å². The SMILES string of the molecule is COc1nc2c(c(N3CCCN=C(/C(Cl)=C(\N)C(=O)N(C)CC#N)C3)n1)COC(c1c(C(F)(F)F)ccc(N)c1F)C2. The summed E-state index contributed by atoms with van der Waals surface area (Å²) in [7, 11) is 2.74. The summed E-state index contributed by atoms with van der Waals surface area (Å²) >= 11 is 6.49. The molecule has 224 valence electrons. The summed E-state index contributed by atoms with van der Waals surface area (Å²) in [5.74, 6) is -1.50. The molecule has 2 aliphatic rings. The van der Waals surface area contributed by atoms with Gasteiger partial charge >= 0.3 is 12.2 Å². The van der Waals surface area contributed by atoms with Gasteiger partial charge in [0.2, 0.25) is 0 Å². The first-order valence-electron chi connectivity index (χ1n) is 12.6. The number of halogens is 5. The van der Waals surface area contributed by atoms with Gasteiger partial charge in [-0.15, -0.1) is 0 Å². The van der Waals surface area contributed by atoms with Crippen LogP contribution in [0, 0.1) is 17.1 Å². The maximum Gasteiger partial charge on any atom is 0.416 e. The number of methoxy groups -OCH3 is 1. The van der Waals surface area contributed by atoms with Crippen LogP contribution in [0.15, 0.2) is 27.9 Å². The van der Waals surface area contributed by atoms with Crippen LogP contribution in [0.4, 0.5) is 29.1 Å². The Morgan fingerprint density at radius 3 is 2.76 bits per heavy atom. The molecular weight excluding hydrogens is 584 g/mol. The van der Waals surface area contributed by atoms with Crippen molar-refractivity contribution < 1.29 is 31.8 Å². The number of carbonyl (C=O) groups excluding carboxylic acids is 1. The summed E-state index contributed by atoms with van der Waals surface area (Å²) in [4.78, 5) is 28.8. The van der Waals surface area contributed by atoms with Crippen molar-refractivity contribution in [2.45, 2.75) is 31.7 Å². The highest BCUT2D eigenvalue weighted by molar-refractivity contribution is 6.45. The van der Waals surface area contributed by atoms with Crippen LogP contribution in [0.1, 0.15) is 34.9 Å². The smallest absolute Gasteiger partial charge is 0.416 e. The minimum atomic E-state index is -4.84. The van der Waals surface area contributed by atoms with Crippen molar-refractivity contribution >= 4 is 34.7 Å². The standard InChI is InChI=1S/C26H27ClF4N8O3/c1-38(9-6-32)24(40)22(34)20(27)17-11-39(8-3-7-35-17)23-13-12-42-18(10-16(13)36-25(37-23)41-2)19-14(26(29,30)31)4-5-15(33)21(19)28/h4-5,18H,3,7-12,33-34H2,1-2H3/b22-20+. The molecule has 3 heterocycles. The minimum absolute atomic E-state index is 0.0624. The third kappa shape index (κ3) is 6.19. The topological polar surface area (TPSA) is 156 Å². The highest BCUT2D eigenvalue weighted by Gasteiger charge is 2.40. The lowest BCUT2D eigenvalue weighted by molar-refractivity contribution is -0.140. The van der Waals surface area contributed by atoms with E-state index in [1.54, 1.807) is 4.90 Å². The molecule has 0 spiro atoms. The number of alkyl halides is 3. The first-order valence-corrected chi connectivity index (χ1v) is 13.0. The maximum absolute atomic E-state index is 15.0. The number of amides is 1. The third-order valence-electron chi connectivity index (χ3n) is 6.78. The number of rotatable bonds is 6. The number of ether oxygens (including phenoxy) is 2. The van der Waals surface area contributed by atoms with Crippen molar-refractivity contribution in [3.8, 4) is 12.1 Å². The van der Waals surface area contributed by atoms with E-state index in [0.717, 1.165) is 17.0 Å². The Morgan fingerprint density at radius 2 is 2.10 bits per heavy atom. The molecule has 1 unspecified atom stereocenters. The summed E-state index contributed by atoms with van der Waals surface area (Å²) in [6.45, 7) is 0.414. The fourth-order valence-corrected chi connectivity index (χ4v) is 4.88. The van der Waals surface area contributed by atoms with Gasteiger partial charge in [-0.1, -0.05) is 11.6 Å². The van der Waals surface area contributed by atoms with Gasteiger partial charge < -0.3 is 30.7 Å². The number of aromatic nitrogens is 2. The molecule has 0 saturated carbocycles. The number of hydrogen-bond acceptors (Lipinski definition) is 10. The van der Waals surface area contributed by atoms with E-state index in [9.17, 15) is 22.4 Å².